The lowest BCUT2D eigenvalue weighted by atomic mass is 10.2. The van der Waals surface area contributed by atoms with Crippen LogP contribution in [0.3, 0.4) is 0 Å². The van der Waals surface area contributed by atoms with E-state index in [4.69, 9.17) is 4.74 Å². The number of hydrogen-bond acceptors (Lipinski definition) is 6. The highest BCUT2D eigenvalue weighted by atomic mass is 16.5. The molecule has 2 fully saturated rings. The molecule has 0 amide bonds. The molecule has 6 nitrogen and oxygen atoms in total. The molecule has 0 atom stereocenters. The van der Waals surface area contributed by atoms with Gasteiger partial charge >= 0.3 is 6.01 Å². The minimum atomic E-state index is 0.256. The molecular weight excluding hydrogens is 266 g/mol. The number of hydrogen-bond donors (Lipinski definition) is 1. The summed E-state index contributed by atoms with van der Waals surface area (Å²) < 4.78 is 6.05. The van der Waals surface area contributed by atoms with Gasteiger partial charge in [-0.05, 0) is 38.5 Å². The van der Waals surface area contributed by atoms with Gasteiger partial charge in [0.2, 0.25) is 11.9 Å². The molecule has 1 saturated heterocycles. The molecule has 21 heavy (non-hydrogen) atoms. The third-order valence-electron chi connectivity index (χ3n) is 4.29. The lowest BCUT2D eigenvalue weighted by Crippen LogP contribution is -2.23. The first-order valence-corrected chi connectivity index (χ1v) is 8.20. The number of nitrogens with zero attached hydrogens (tertiary/aromatic N) is 4. The molecule has 1 saturated carbocycles. The largest absolute Gasteiger partial charge is 0.460 e. The molecule has 0 bridgehead atoms. The molecular formula is C15H25N5O. The lowest BCUT2D eigenvalue weighted by Gasteiger charge is -2.19. The van der Waals surface area contributed by atoms with Crippen LogP contribution in [-0.4, -0.2) is 41.2 Å². The fourth-order valence-corrected chi connectivity index (χ4v) is 3.08. The zero-order valence-corrected chi connectivity index (χ0v) is 12.8. The summed E-state index contributed by atoms with van der Waals surface area (Å²) in [7, 11) is 1.83. The van der Waals surface area contributed by atoms with Crippen LogP contribution in [-0.2, 0) is 0 Å². The summed E-state index contributed by atoms with van der Waals surface area (Å²) in [5.74, 6) is 1.34. The maximum atomic E-state index is 6.05. The van der Waals surface area contributed by atoms with Crippen LogP contribution in [0.2, 0.25) is 0 Å². The van der Waals surface area contributed by atoms with Gasteiger partial charge in [-0.15, -0.1) is 0 Å². The van der Waals surface area contributed by atoms with Crippen molar-refractivity contribution in [1.82, 2.24) is 15.0 Å². The van der Waals surface area contributed by atoms with E-state index in [0.717, 1.165) is 31.9 Å². The summed E-state index contributed by atoms with van der Waals surface area (Å²) in [4.78, 5) is 15.6. The van der Waals surface area contributed by atoms with Gasteiger partial charge in [0.05, 0.1) is 0 Å². The fourth-order valence-electron chi connectivity index (χ4n) is 3.08. The maximum Gasteiger partial charge on any atom is 0.323 e. The van der Waals surface area contributed by atoms with Crippen molar-refractivity contribution in [3.63, 3.8) is 0 Å². The summed E-state index contributed by atoms with van der Waals surface area (Å²) in [5, 5.41) is 3.01. The first kappa shape index (κ1) is 14.4. The van der Waals surface area contributed by atoms with Gasteiger partial charge in [0.25, 0.3) is 0 Å². The smallest absolute Gasteiger partial charge is 0.323 e. The van der Waals surface area contributed by atoms with Gasteiger partial charge in [0, 0.05) is 20.1 Å². The van der Waals surface area contributed by atoms with E-state index in [2.05, 4.69) is 25.2 Å². The molecule has 2 heterocycles. The van der Waals surface area contributed by atoms with Gasteiger partial charge in [-0.25, -0.2) is 0 Å². The molecule has 1 aliphatic carbocycles. The lowest BCUT2D eigenvalue weighted by molar-refractivity contribution is 0.168. The van der Waals surface area contributed by atoms with Crippen LogP contribution < -0.4 is 15.0 Å². The highest BCUT2D eigenvalue weighted by Crippen LogP contribution is 2.23. The Labute approximate surface area is 126 Å². The van der Waals surface area contributed by atoms with Crippen LogP contribution in [0.5, 0.6) is 6.01 Å². The standard InChI is InChI=1S/C15H25N5O/c1-16-13-17-14(20-10-6-7-11-20)19-15(18-13)21-12-8-4-2-3-5-9-12/h12H,2-11H2,1H3,(H,16,17,18,19). The summed E-state index contributed by atoms with van der Waals surface area (Å²) in [6.07, 6.45) is 10.0. The summed E-state index contributed by atoms with van der Waals surface area (Å²) in [5.41, 5.74) is 0. The minimum Gasteiger partial charge on any atom is -0.460 e. The Bertz CT molecular complexity index is 453. The van der Waals surface area contributed by atoms with Crippen LogP contribution in [0.4, 0.5) is 11.9 Å². The van der Waals surface area contributed by atoms with E-state index in [1.54, 1.807) is 0 Å². The Morgan fingerprint density at radius 3 is 2.33 bits per heavy atom. The van der Waals surface area contributed by atoms with Gasteiger partial charge in [-0.2, -0.15) is 15.0 Å². The molecule has 0 unspecified atom stereocenters. The quantitative estimate of drug-likeness (QED) is 0.860. The molecule has 3 rings (SSSR count). The third kappa shape index (κ3) is 3.74. The summed E-state index contributed by atoms with van der Waals surface area (Å²) in [6, 6.07) is 0.475. The van der Waals surface area contributed by atoms with Gasteiger partial charge < -0.3 is 15.0 Å². The van der Waals surface area contributed by atoms with Crippen LogP contribution in [0.15, 0.2) is 0 Å². The minimum absolute atomic E-state index is 0.256. The monoisotopic (exact) mass is 291 g/mol. The zero-order valence-electron chi connectivity index (χ0n) is 12.8. The second-order valence-electron chi connectivity index (χ2n) is 5.92. The summed E-state index contributed by atoms with van der Waals surface area (Å²) in [6.45, 7) is 2.05. The second kappa shape index (κ2) is 6.91. The van der Waals surface area contributed by atoms with E-state index < -0.39 is 0 Å². The molecule has 0 radical (unpaired) electrons. The van der Waals surface area contributed by atoms with Crippen molar-refractivity contribution in [2.45, 2.75) is 57.5 Å². The van der Waals surface area contributed by atoms with Crippen LogP contribution >= 0.6 is 0 Å². The molecule has 1 N–H and O–H groups in total. The van der Waals surface area contributed by atoms with E-state index in [0.29, 0.717) is 12.0 Å². The van der Waals surface area contributed by atoms with Crippen LogP contribution in [0.25, 0.3) is 0 Å². The molecule has 1 aromatic heterocycles. The van der Waals surface area contributed by atoms with E-state index in [1.807, 2.05) is 7.05 Å². The predicted molar refractivity (Wildman–Crippen MR) is 82.9 cm³/mol. The number of ether oxygens (including phenoxy) is 1. The second-order valence-corrected chi connectivity index (χ2v) is 5.92. The fraction of sp³-hybridized carbons (Fsp3) is 0.800. The highest BCUT2D eigenvalue weighted by molar-refractivity contribution is 5.38. The SMILES string of the molecule is CNc1nc(OC2CCCCCC2)nc(N2CCCC2)n1. The average Bonchev–Trinajstić information content (AvgIpc) is 2.93. The molecule has 1 aliphatic heterocycles. The maximum absolute atomic E-state index is 6.05. The van der Waals surface area contributed by atoms with E-state index in [1.165, 1.54) is 38.5 Å². The Morgan fingerprint density at radius 2 is 1.67 bits per heavy atom. The van der Waals surface area contributed by atoms with Crippen LogP contribution in [0.1, 0.15) is 51.4 Å². The molecule has 116 valence electrons. The predicted octanol–water partition coefficient (Wildman–Crippen LogP) is 2.62. The zero-order chi connectivity index (χ0) is 14.5. The third-order valence-corrected chi connectivity index (χ3v) is 4.29. The van der Waals surface area contributed by atoms with Crippen molar-refractivity contribution in [3.8, 4) is 6.01 Å². The highest BCUT2D eigenvalue weighted by Gasteiger charge is 2.20. The average molecular weight is 291 g/mol. The van der Waals surface area contributed by atoms with E-state index in [-0.39, 0.29) is 6.10 Å². The van der Waals surface area contributed by atoms with Gasteiger partial charge in [0.1, 0.15) is 6.10 Å². The van der Waals surface area contributed by atoms with Crippen molar-refractivity contribution in [1.29, 1.82) is 0 Å². The van der Waals surface area contributed by atoms with Crippen molar-refractivity contribution < 1.29 is 4.74 Å². The first-order chi connectivity index (χ1) is 10.3. The van der Waals surface area contributed by atoms with Gasteiger partial charge in [-0.1, -0.05) is 12.8 Å². The number of nitrogens with one attached hydrogen (secondary N) is 1. The number of anilines is 2. The van der Waals surface area contributed by atoms with Crippen molar-refractivity contribution in [3.05, 3.63) is 0 Å². The molecule has 6 heteroatoms. The van der Waals surface area contributed by atoms with Crippen molar-refractivity contribution in [2.75, 3.05) is 30.4 Å². The van der Waals surface area contributed by atoms with Crippen molar-refractivity contribution >= 4 is 11.9 Å². The first-order valence-electron chi connectivity index (χ1n) is 8.20. The topological polar surface area (TPSA) is 63.2 Å². The summed E-state index contributed by atoms with van der Waals surface area (Å²) >= 11 is 0. The number of rotatable bonds is 4. The molecule has 1 aromatic rings. The number of aromatic nitrogens is 3. The normalized spacial score (nSPS) is 20.3. The van der Waals surface area contributed by atoms with Crippen molar-refractivity contribution in [2.24, 2.45) is 0 Å². The van der Waals surface area contributed by atoms with Crippen LogP contribution in [0, 0.1) is 0 Å². The van der Waals surface area contributed by atoms with Gasteiger partial charge in [-0.3, -0.25) is 0 Å². The Balaban J connectivity index is 1.74. The Hall–Kier alpha value is -1.59. The van der Waals surface area contributed by atoms with E-state index in [9.17, 15) is 0 Å². The molecule has 0 spiro atoms. The Kier molecular flexibility index (Phi) is 4.72. The molecule has 0 aromatic carbocycles. The molecule has 2 aliphatic rings. The Morgan fingerprint density at radius 1 is 0.952 bits per heavy atom. The van der Waals surface area contributed by atoms with Gasteiger partial charge in [0.15, 0.2) is 0 Å². The van der Waals surface area contributed by atoms with E-state index >= 15 is 0 Å².